The fourth-order valence-corrected chi connectivity index (χ4v) is 0.701. The minimum absolute atomic E-state index is 0.0833. The van der Waals surface area contributed by atoms with Gasteiger partial charge < -0.3 is 15.7 Å². The molecule has 0 aliphatic rings. The normalized spacial score (nSPS) is 12.3. The van der Waals surface area contributed by atoms with E-state index in [4.69, 9.17) is 17.3 Å². The van der Waals surface area contributed by atoms with Crippen molar-refractivity contribution >= 4 is 17.3 Å². The lowest BCUT2D eigenvalue weighted by molar-refractivity contribution is 0.252. The Hall–Kier alpha value is -0.350. The molecule has 0 aliphatic heterocycles. The molecule has 1 atom stereocenters. The molecule has 0 aromatic carbocycles. The highest BCUT2D eigenvalue weighted by Crippen LogP contribution is 1.87. The molecule has 0 aliphatic carbocycles. The van der Waals surface area contributed by atoms with Crippen LogP contribution in [0.4, 0.5) is 0 Å². The van der Waals surface area contributed by atoms with E-state index >= 15 is 0 Å². The van der Waals surface area contributed by atoms with Gasteiger partial charge >= 0.3 is 0 Å². The lowest BCUT2D eigenvalue weighted by atomic mass is 10.2. The smallest absolute Gasteiger partial charge is 0.166 e. The molecule has 0 fully saturated rings. The second-order valence-electron chi connectivity index (χ2n) is 2.01. The van der Waals surface area contributed by atoms with Crippen molar-refractivity contribution in [1.29, 1.82) is 0 Å². The number of rotatable bonds is 3. The van der Waals surface area contributed by atoms with E-state index in [1.54, 1.807) is 7.05 Å². The predicted octanol–water partition coefficient (Wildman–Crippen LogP) is -0.149. The van der Waals surface area contributed by atoms with Crippen LogP contribution >= 0.6 is 12.2 Å². The Morgan fingerprint density at radius 1 is 1.70 bits per heavy atom. The Bertz CT molecular complexity index is 104. The van der Waals surface area contributed by atoms with Gasteiger partial charge in [-0.15, -0.1) is 0 Å². The quantitative estimate of drug-likeness (QED) is 0.505. The topological polar surface area (TPSA) is 44.3 Å². The first-order valence-electron chi connectivity index (χ1n) is 3.33. The van der Waals surface area contributed by atoms with E-state index in [0.29, 0.717) is 5.11 Å². The summed E-state index contributed by atoms with van der Waals surface area (Å²) in [6.07, 6.45) is 0.873. The van der Waals surface area contributed by atoms with Crippen LogP contribution in [0, 0.1) is 0 Å². The van der Waals surface area contributed by atoms with Crippen molar-refractivity contribution in [3.05, 3.63) is 0 Å². The van der Waals surface area contributed by atoms with Crippen LogP contribution in [0.5, 0.6) is 0 Å². The Labute approximate surface area is 66.8 Å². The fourth-order valence-electron chi connectivity index (χ4n) is 0.534. The molecule has 0 rings (SSSR count). The molecule has 0 aromatic heterocycles. The van der Waals surface area contributed by atoms with Crippen molar-refractivity contribution in [3.63, 3.8) is 0 Å². The van der Waals surface area contributed by atoms with Crippen LogP contribution in [0.25, 0.3) is 0 Å². The van der Waals surface area contributed by atoms with E-state index in [-0.39, 0.29) is 12.6 Å². The maximum atomic E-state index is 8.72. The van der Waals surface area contributed by atoms with Gasteiger partial charge in [0, 0.05) is 7.05 Å². The molecule has 0 aromatic rings. The molecule has 0 heterocycles. The first kappa shape index (κ1) is 9.65. The summed E-state index contributed by atoms with van der Waals surface area (Å²) in [6.45, 7) is 2.12. The van der Waals surface area contributed by atoms with E-state index in [9.17, 15) is 0 Å². The highest BCUT2D eigenvalue weighted by atomic mass is 32.1. The summed E-state index contributed by atoms with van der Waals surface area (Å²) < 4.78 is 0. The molecule has 4 heteroatoms. The summed E-state index contributed by atoms with van der Waals surface area (Å²) in [4.78, 5) is 0. The lowest BCUT2D eigenvalue weighted by Crippen LogP contribution is -2.41. The molecule has 0 saturated carbocycles. The predicted molar refractivity (Wildman–Crippen MR) is 46.0 cm³/mol. The van der Waals surface area contributed by atoms with Crippen LogP contribution in [0.15, 0.2) is 0 Å². The van der Waals surface area contributed by atoms with Crippen molar-refractivity contribution in [2.45, 2.75) is 19.4 Å². The minimum Gasteiger partial charge on any atom is -0.394 e. The summed E-state index contributed by atoms with van der Waals surface area (Å²) in [5, 5.41) is 15.0. The average Bonchev–Trinajstić information content (AvgIpc) is 1.99. The highest BCUT2D eigenvalue weighted by molar-refractivity contribution is 7.80. The van der Waals surface area contributed by atoms with E-state index in [1.807, 2.05) is 6.92 Å². The molecule has 0 radical (unpaired) electrons. The number of aliphatic hydroxyl groups is 1. The number of hydrogen-bond acceptors (Lipinski definition) is 2. The summed E-state index contributed by atoms with van der Waals surface area (Å²) in [5.74, 6) is 0. The summed E-state index contributed by atoms with van der Waals surface area (Å²) >= 11 is 4.83. The zero-order valence-corrected chi connectivity index (χ0v) is 7.16. The number of thiocarbonyl (C=S) groups is 1. The van der Waals surface area contributed by atoms with Gasteiger partial charge in [0.2, 0.25) is 0 Å². The molecule has 60 valence electrons. The largest absolute Gasteiger partial charge is 0.394 e. The van der Waals surface area contributed by atoms with Gasteiger partial charge in [-0.05, 0) is 18.6 Å². The van der Waals surface area contributed by atoms with Crippen LogP contribution in [0.2, 0.25) is 0 Å². The number of aliphatic hydroxyl groups excluding tert-OH is 1. The van der Waals surface area contributed by atoms with Gasteiger partial charge in [0.25, 0.3) is 0 Å². The number of nitrogens with one attached hydrogen (secondary N) is 2. The Balaban J connectivity index is 3.52. The second-order valence-corrected chi connectivity index (χ2v) is 2.42. The zero-order valence-electron chi connectivity index (χ0n) is 6.35. The first-order chi connectivity index (χ1) is 4.74. The molecule has 10 heavy (non-hydrogen) atoms. The van der Waals surface area contributed by atoms with Gasteiger partial charge in [0.15, 0.2) is 5.11 Å². The van der Waals surface area contributed by atoms with Crippen LogP contribution in [-0.4, -0.2) is 29.9 Å². The second kappa shape index (κ2) is 5.44. The van der Waals surface area contributed by atoms with Gasteiger partial charge in [-0.25, -0.2) is 0 Å². The standard InChI is InChI=1S/C6H14N2OS/c1-3-5(4-9)8-6(10)7-2/h5,9H,3-4H2,1-2H3,(H2,7,8,10). The lowest BCUT2D eigenvalue weighted by Gasteiger charge is -2.14. The van der Waals surface area contributed by atoms with Gasteiger partial charge in [0.05, 0.1) is 12.6 Å². The minimum atomic E-state index is 0.0833. The third kappa shape index (κ3) is 3.63. The molecular weight excluding hydrogens is 148 g/mol. The summed E-state index contributed by atoms with van der Waals surface area (Å²) in [7, 11) is 1.75. The Morgan fingerprint density at radius 2 is 2.30 bits per heavy atom. The Morgan fingerprint density at radius 3 is 2.60 bits per heavy atom. The molecule has 1 unspecified atom stereocenters. The van der Waals surface area contributed by atoms with Gasteiger partial charge in [-0.3, -0.25) is 0 Å². The highest BCUT2D eigenvalue weighted by Gasteiger charge is 2.03. The zero-order chi connectivity index (χ0) is 7.98. The van der Waals surface area contributed by atoms with Crippen molar-refractivity contribution in [3.8, 4) is 0 Å². The van der Waals surface area contributed by atoms with E-state index in [0.717, 1.165) is 6.42 Å². The van der Waals surface area contributed by atoms with Gasteiger partial charge in [-0.1, -0.05) is 6.92 Å². The molecule has 0 saturated heterocycles. The van der Waals surface area contributed by atoms with Crippen molar-refractivity contribution in [2.75, 3.05) is 13.7 Å². The molecule has 0 bridgehead atoms. The van der Waals surface area contributed by atoms with Crippen LogP contribution < -0.4 is 10.6 Å². The third-order valence-electron chi connectivity index (χ3n) is 1.28. The molecular formula is C6H14N2OS. The maximum Gasteiger partial charge on any atom is 0.166 e. The number of hydrogen-bond donors (Lipinski definition) is 3. The van der Waals surface area contributed by atoms with Gasteiger partial charge in [0.1, 0.15) is 0 Å². The molecule has 0 amide bonds. The summed E-state index contributed by atoms with van der Waals surface area (Å²) in [5.41, 5.74) is 0. The first-order valence-corrected chi connectivity index (χ1v) is 3.74. The molecule has 3 nitrogen and oxygen atoms in total. The van der Waals surface area contributed by atoms with Gasteiger partial charge in [-0.2, -0.15) is 0 Å². The molecule has 3 N–H and O–H groups in total. The van der Waals surface area contributed by atoms with Crippen LogP contribution in [0.3, 0.4) is 0 Å². The van der Waals surface area contributed by atoms with E-state index in [1.165, 1.54) is 0 Å². The summed E-state index contributed by atoms with van der Waals surface area (Å²) in [6, 6.07) is 0.0833. The van der Waals surface area contributed by atoms with Crippen LogP contribution in [-0.2, 0) is 0 Å². The third-order valence-corrected chi connectivity index (χ3v) is 1.60. The average molecular weight is 162 g/mol. The Kier molecular flexibility index (Phi) is 5.25. The van der Waals surface area contributed by atoms with E-state index < -0.39 is 0 Å². The molecule has 0 spiro atoms. The maximum absolute atomic E-state index is 8.72. The van der Waals surface area contributed by atoms with Crippen molar-refractivity contribution < 1.29 is 5.11 Å². The van der Waals surface area contributed by atoms with Crippen molar-refractivity contribution in [1.82, 2.24) is 10.6 Å². The van der Waals surface area contributed by atoms with E-state index in [2.05, 4.69) is 10.6 Å². The SMILES string of the molecule is CCC(CO)NC(=S)NC. The van der Waals surface area contributed by atoms with Crippen molar-refractivity contribution in [2.24, 2.45) is 0 Å². The monoisotopic (exact) mass is 162 g/mol. The fraction of sp³-hybridized carbons (Fsp3) is 0.833. The van der Waals surface area contributed by atoms with Crippen LogP contribution in [0.1, 0.15) is 13.3 Å².